The van der Waals surface area contributed by atoms with Gasteiger partial charge in [0.2, 0.25) is 11.9 Å². The second-order valence-electron chi connectivity index (χ2n) is 4.86. The van der Waals surface area contributed by atoms with Gasteiger partial charge in [0.05, 0.1) is 6.04 Å². The van der Waals surface area contributed by atoms with Crippen molar-refractivity contribution in [1.29, 1.82) is 0 Å². The van der Waals surface area contributed by atoms with Crippen LogP contribution in [0.3, 0.4) is 0 Å². The van der Waals surface area contributed by atoms with E-state index in [2.05, 4.69) is 25.3 Å². The van der Waals surface area contributed by atoms with E-state index in [1.54, 1.807) is 37.8 Å². The Hall–Kier alpha value is -2.57. The van der Waals surface area contributed by atoms with Gasteiger partial charge < -0.3 is 10.2 Å². The largest absolute Gasteiger partial charge is 0.334 e. The van der Waals surface area contributed by atoms with E-state index in [0.717, 1.165) is 25.1 Å². The number of likely N-dealkylation sites (tertiary alicyclic amines) is 1. The molecule has 0 bridgehead atoms. The minimum absolute atomic E-state index is 0.0394. The second kappa shape index (κ2) is 5.82. The Balaban J connectivity index is 1.91. The highest BCUT2D eigenvalue weighted by Crippen LogP contribution is 2.34. The Kier molecular flexibility index (Phi) is 3.72. The van der Waals surface area contributed by atoms with Crippen LogP contribution in [-0.4, -0.2) is 37.3 Å². The average molecular weight is 284 g/mol. The molecule has 1 saturated heterocycles. The Bertz CT molecular complexity index is 632. The fourth-order valence-electron chi connectivity index (χ4n) is 2.59. The molecule has 1 aliphatic heterocycles. The molecule has 3 rings (SSSR count). The highest BCUT2D eigenvalue weighted by molar-refractivity contribution is 5.74. The molecule has 0 radical (unpaired) electrons. The van der Waals surface area contributed by atoms with Crippen molar-refractivity contribution >= 4 is 17.7 Å². The van der Waals surface area contributed by atoms with Gasteiger partial charge in [-0.15, -0.1) is 0 Å². The van der Waals surface area contributed by atoms with Crippen molar-refractivity contribution in [2.24, 2.45) is 0 Å². The Morgan fingerprint density at radius 2 is 1.95 bits per heavy atom. The van der Waals surface area contributed by atoms with Crippen LogP contribution < -0.4 is 5.32 Å². The van der Waals surface area contributed by atoms with Crippen LogP contribution in [0.2, 0.25) is 0 Å². The van der Waals surface area contributed by atoms with E-state index in [4.69, 9.17) is 0 Å². The fraction of sp³-hybridized carbons (Fsp3) is 0.357. The van der Waals surface area contributed by atoms with Crippen molar-refractivity contribution in [2.75, 3.05) is 11.9 Å². The minimum Gasteiger partial charge on any atom is -0.334 e. The number of aromatic nitrogens is 4. The predicted molar refractivity (Wildman–Crippen MR) is 76.7 cm³/mol. The maximum absolute atomic E-state index is 11.7. The van der Waals surface area contributed by atoms with Gasteiger partial charge in [0.15, 0.2) is 5.82 Å². The van der Waals surface area contributed by atoms with E-state index in [1.807, 2.05) is 4.90 Å². The molecule has 1 atom stereocenters. The first-order valence-electron chi connectivity index (χ1n) is 6.88. The topological polar surface area (TPSA) is 83.9 Å². The van der Waals surface area contributed by atoms with Crippen LogP contribution in [0.5, 0.6) is 0 Å². The number of hydrogen-bond donors (Lipinski definition) is 1. The van der Waals surface area contributed by atoms with Crippen LogP contribution in [0.15, 0.2) is 30.9 Å². The quantitative estimate of drug-likeness (QED) is 0.923. The van der Waals surface area contributed by atoms with Gasteiger partial charge in [-0.25, -0.2) is 15.0 Å². The maximum Gasteiger partial charge on any atom is 0.228 e. The van der Waals surface area contributed by atoms with Crippen LogP contribution in [0.25, 0.3) is 0 Å². The number of amides is 1. The summed E-state index contributed by atoms with van der Waals surface area (Å²) in [5.74, 6) is 1.12. The van der Waals surface area contributed by atoms with Gasteiger partial charge in [-0.05, 0) is 18.9 Å². The van der Waals surface area contributed by atoms with Crippen LogP contribution in [0, 0.1) is 0 Å². The van der Waals surface area contributed by atoms with Gasteiger partial charge in [0.1, 0.15) is 5.69 Å². The van der Waals surface area contributed by atoms with Crippen molar-refractivity contribution in [3.63, 3.8) is 0 Å². The normalized spacial score (nSPS) is 17.8. The molecule has 0 aliphatic carbocycles. The lowest BCUT2D eigenvalue weighted by molar-refractivity contribution is -0.129. The van der Waals surface area contributed by atoms with Gasteiger partial charge in [-0.1, -0.05) is 0 Å². The summed E-state index contributed by atoms with van der Waals surface area (Å²) in [6.45, 7) is 2.35. The molecule has 0 saturated carbocycles. The van der Waals surface area contributed by atoms with E-state index in [-0.39, 0.29) is 11.9 Å². The van der Waals surface area contributed by atoms with E-state index in [1.165, 1.54) is 0 Å². The Morgan fingerprint density at radius 1 is 1.19 bits per heavy atom. The van der Waals surface area contributed by atoms with E-state index >= 15 is 0 Å². The predicted octanol–water partition coefficient (Wildman–Crippen LogP) is 1.69. The van der Waals surface area contributed by atoms with Crippen LogP contribution in [0.4, 0.5) is 11.8 Å². The van der Waals surface area contributed by atoms with Crippen molar-refractivity contribution in [2.45, 2.75) is 25.8 Å². The molecular formula is C14H16N6O. The molecule has 1 N–H and O–H groups in total. The molecule has 3 heterocycles. The number of anilines is 2. The SMILES string of the molecule is CC(=O)N1CCC[C@@H]1c1nccnc1Nc1ncccn1. The first kappa shape index (κ1) is 13.4. The molecule has 2 aromatic heterocycles. The highest BCUT2D eigenvalue weighted by atomic mass is 16.2. The van der Waals surface area contributed by atoms with Gasteiger partial charge in [-0.2, -0.15) is 0 Å². The molecular weight excluding hydrogens is 268 g/mol. The number of hydrogen-bond acceptors (Lipinski definition) is 6. The third kappa shape index (κ3) is 2.81. The third-order valence-electron chi connectivity index (χ3n) is 3.50. The zero-order valence-corrected chi connectivity index (χ0v) is 11.7. The van der Waals surface area contributed by atoms with Crippen molar-refractivity contribution < 1.29 is 4.79 Å². The molecule has 0 aromatic carbocycles. The van der Waals surface area contributed by atoms with Gasteiger partial charge in [-0.3, -0.25) is 9.78 Å². The zero-order chi connectivity index (χ0) is 14.7. The Labute approximate surface area is 122 Å². The highest BCUT2D eigenvalue weighted by Gasteiger charge is 2.31. The number of nitrogens with one attached hydrogen (secondary N) is 1. The van der Waals surface area contributed by atoms with Crippen LogP contribution in [0.1, 0.15) is 31.5 Å². The third-order valence-corrected chi connectivity index (χ3v) is 3.50. The van der Waals surface area contributed by atoms with Crippen LogP contribution in [-0.2, 0) is 4.79 Å². The smallest absolute Gasteiger partial charge is 0.228 e. The van der Waals surface area contributed by atoms with Gasteiger partial charge in [0, 0.05) is 38.3 Å². The summed E-state index contributed by atoms with van der Waals surface area (Å²) < 4.78 is 0. The molecule has 0 unspecified atom stereocenters. The van der Waals surface area contributed by atoms with Gasteiger partial charge >= 0.3 is 0 Å². The summed E-state index contributed by atoms with van der Waals surface area (Å²) in [6.07, 6.45) is 8.43. The summed E-state index contributed by atoms with van der Waals surface area (Å²) in [5.41, 5.74) is 0.762. The van der Waals surface area contributed by atoms with E-state index in [9.17, 15) is 4.79 Å². The number of rotatable bonds is 3. The molecule has 2 aromatic rings. The molecule has 1 fully saturated rings. The maximum atomic E-state index is 11.7. The van der Waals surface area contributed by atoms with Crippen molar-refractivity contribution in [3.05, 3.63) is 36.5 Å². The molecule has 0 spiro atoms. The zero-order valence-electron chi connectivity index (χ0n) is 11.7. The summed E-state index contributed by atoms with van der Waals surface area (Å²) in [7, 11) is 0. The second-order valence-corrected chi connectivity index (χ2v) is 4.86. The molecule has 1 aliphatic rings. The average Bonchev–Trinajstić information content (AvgIpc) is 2.98. The summed E-state index contributed by atoms with van der Waals surface area (Å²) in [5, 5.41) is 3.08. The number of carbonyl (C=O) groups is 1. The molecule has 21 heavy (non-hydrogen) atoms. The fourth-order valence-corrected chi connectivity index (χ4v) is 2.59. The molecule has 7 heteroatoms. The van der Waals surface area contributed by atoms with E-state index in [0.29, 0.717) is 11.8 Å². The lowest BCUT2D eigenvalue weighted by atomic mass is 10.1. The molecule has 7 nitrogen and oxygen atoms in total. The first-order valence-corrected chi connectivity index (χ1v) is 6.88. The first-order chi connectivity index (χ1) is 10.3. The summed E-state index contributed by atoms with van der Waals surface area (Å²) >= 11 is 0. The van der Waals surface area contributed by atoms with Crippen LogP contribution >= 0.6 is 0 Å². The standard InChI is InChI=1S/C14H16N6O/c1-10(21)20-9-2-4-11(20)12-13(16-8-7-15-12)19-14-17-5-3-6-18-14/h3,5-8,11H,2,4,9H2,1H3,(H,16,17,18,19)/t11-/m1/s1. The van der Waals surface area contributed by atoms with E-state index < -0.39 is 0 Å². The number of carbonyl (C=O) groups excluding carboxylic acids is 1. The minimum atomic E-state index is -0.0394. The number of nitrogens with zero attached hydrogens (tertiary/aromatic N) is 5. The van der Waals surface area contributed by atoms with Crippen molar-refractivity contribution in [1.82, 2.24) is 24.8 Å². The molecule has 1 amide bonds. The molecule has 108 valence electrons. The lowest BCUT2D eigenvalue weighted by Crippen LogP contribution is -2.29. The van der Waals surface area contributed by atoms with Crippen molar-refractivity contribution in [3.8, 4) is 0 Å². The lowest BCUT2D eigenvalue weighted by Gasteiger charge is -2.24. The summed E-state index contributed by atoms with van der Waals surface area (Å²) in [4.78, 5) is 30.6. The van der Waals surface area contributed by atoms with Gasteiger partial charge in [0.25, 0.3) is 0 Å². The monoisotopic (exact) mass is 284 g/mol. The summed E-state index contributed by atoms with van der Waals surface area (Å²) in [6, 6.07) is 1.71. The Morgan fingerprint density at radius 3 is 2.71 bits per heavy atom.